The zero-order chi connectivity index (χ0) is 16.0. The second kappa shape index (κ2) is 8.50. The first-order valence-electron chi connectivity index (χ1n) is 7.51. The first-order chi connectivity index (χ1) is 9.90. The second-order valence-electron chi connectivity index (χ2n) is 6.10. The van der Waals surface area contributed by atoms with Crippen molar-refractivity contribution in [2.45, 2.75) is 34.2 Å². The van der Waals surface area contributed by atoms with Crippen LogP contribution in [0.4, 0.5) is 0 Å². The molecule has 1 aromatic rings. The molecule has 1 aromatic carbocycles. The molecule has 0 aliphatic heterocycles. The van der Waals surface area contributed by atoms with Gasteiger partial charge in [0.15, 0.2) is 11.5 Å². The van der Waals surface area contributed by atoms with Gasteiger partial charge in [0.05, 0.1) is 19.2 Å². The Balaban J connectivity index is 2.70. The summed E-state index contributed by atoms with van der Waals surface area (Å²) in [6, 6.07) is 3.90. The Bertz CT molecular complexity index is 439. The van der Waals surface area contributed by atoms with E-state index in [4.69, 9.17) is 21.1 Å². The summed E-state index contributed by atoms with van der Waals surface area (Å²) in [5.41, 5.74) is 1.10. The van der Waals surface area contributed by atoms with Crippen LogP contribution in [0.15, 0.2) is 12.1 Å². The monoisotopic (exact) mass is 313 g/mol. The van der Waals surface area contributed by atoms with Crippen LogP contribution in [0.2, 0.25) is 5.02 Å². The number of hydrogen-bond donors (Lipinski definition) is 1. The van der Waals surface area contributed by atoms with Gasteiger partial charge in [-0.1, -0.05) is 39.3 Å². The molecule has 0 aliphatic carbocycles. The first kappa shape index (κ1) is 18.1. The van der Waals surface area contributed by atoms with Crippen LogP contribution in [-0.2, 0) is 6.54 Å². The van der Waals surface area contributed by atoms with E-state index in [1.54, 1.807) is 14.2 Å². The lowest BCUT2D eigenvalue weighted by molar-refractivity contribution is 0.275. The SMILES string of the molecule is COc1cc(CNCC(C(C)C)C(C)C)cc(Cl)c1OC. The molecule has 0 bridgehead atoms. The molecule has 4 heteroatoms. The smallest absolute Gasteiger partial charge is 0.179 e. The van der Waals surface area contributed by atoms with Crippen LogP contribution in [0.3, 0.4) is 0 Å². The Hall–Kier alpha value is -0.930. The molecule has 21 heavy (non-hydrogen) atoms. The lowest BCUT2D eigenvalue weighted by Gasteiger charge is -2.25. The minimum absolute atomic E-state index is 0.581. The highest BCUT2D eigenvalue weighted by atomic mass is 35.5. The molecule has 0 spiro atoms. The Kier molecular flexibility index (Phi) is 7.33. The highest BCUT2D eigenvalue weighted by Gasteiger charge is 2.17. The van der Waals surface area contributed by atoms with Gasteiger partial charge in [0.1, 0.15) is 0 Å². The molecule has 0 heterocycles. The second-order valence-corrected chi connectivity index (χ2v) is 6.50. The zero-order valence-corrected chi connectivity index (χ0v) is 14.8. The number of hydrogen-bond acceptors (Lipinski definition) is 3. The topological polar surface area (TPSA) is 30.5 Å². The van der Waals surface area contributed by atoms with Crippen LogP contribution >= 0.6 is 11.6 Å². The van der Waals surface area contributed by atoms with E-state index in [0.717, 1.165) is 18.7 Å². The van der Waals surface area contributed by atoms with E-state index >= 15 is 0 Å². The van der Waals surface area contributed by atoms with E-state index in [1.807, 2.05) is 12.1 Å². The average molecular weight is 314 g/mol. The van der Waals surface area contributed by atoms with Crippen LogP contribution in [0.1, 0.15) is 33.3 Å². The third-order valence-corrected chi connectivity index (χ3v) is 4.20. The minimum Gasteiger partial charge on any atom is -0.493 e. The standard InChI is InChI=1S/C17H28ClNO2/c1-11(2)14(12(3)4)10-19-9-13-7-15(18)17(21-6)16(8-13)20-5/h7-8,11-12,14,19H,9-10H2,1-6H3. The van der Waals surface area contributed by atoms with E-state index < -0.39 is 0 Å². The molecular formula is C17H28ClNO2. The maximum absolute atomic E-state index is 6.22. The number of benzene rings is 1. The van der Waals surface area contributed by atoms with Gasteiger partial charge in [-0.05, 0) is 42.0 Å². The third-order valence-electron chi connectivity index (χ3n) is 3.92. The lowest BCUT2D eigenvalue weighted by Crippen LogP contribution is -2.29. The van der Waals surface area contributed by atoms with Crippen molar-refractivity contribution in [3.05, 3.63) is 22.7 Å². The quantitative estimate of drug-likeness (QED) is 0.773. The van der Waals surface area contributed by atoms with E-state index in [0.29, 0.717) is 34.3 Å². The van der Waals surface area contributed by atoms with Crippen LogP contribution < -0.4 is 14.8 Å². The number of methoxy groups -OCH3 is 2. The van der Waals surface area contributed by atoms with Crippen molar-refractivity contribution < 1.29 is 9.47 Å². The summed E-state index contributed by atoms with van der Waals surface area (Å²) in [6.07, 6.45) is 0. The summed E-state index contributed by atoms with van der Waals surface area (Å²) >= 11 is 6.22. The predicted octanol–water partition coefficient (Wildman–Crippen LogP) is 4.38. The minimum atomic E-state index is 0.581. The molecule has 1 rings (SSSR count). The van der Waals surface area contributed by atoms with Crippen molar-refractivity contribution in [2.75, 3.05) is 20.8 Å². The van der Waals surface area contributed by atoms with Gasteiger partial charge >= 0.3 is 0 Å². The molecule has 0 aromatic heterocycles. The van der Waals surface area contributed by atoms with Gasteiger partial charge in [-0.2, -0.15) is 0 Å². The summed E-state index contributed by atoms with van der Waals surface area (Å²) in [7, 11) is 3.22. The van der Waals surface area contributed by atoms with Gasteiger partial charge < -0.3 is 14.8 Å². The van der Waals surface area contributed by atoms with Gasteiger partial charge in [0, 0.05) is 6.54 Å². The summed E-state index contributed by atoms with van der Waals surface area (Å²) in [6.45, 7) is 10.9. The maximum atomic E-state index is 6.22. The lowest BCUT2D eigenvalue weighted by atomic mass is 9.85. The predicted molar refractivity (Wildman–Crippen MR) is 89.4 cm³/mol. The highest BCUT2D eigenvalue weighted by Crippen LogP contribution is 2.36. The van der Waals surface area contributed by atoms with Crippen LogP contribution in [0.25, 0.3) is 0 Å². The van der Waals surface area contributed by atoms with Crippen LogP contribution in [0.5, 0.6) is 11.5 Å². The van der Waals surface area contributed by atoms with Crippen molar-refractivity contribution in [3.8, 4) is 11.5 Å². The Morgan fingerprint density at radius 1 is 1.05 bits per heavy atom. The number of ether oxygens (including phenoxy) is 2. The van der Waals surface area contributed by atoms with Crippen molar-refractivity contribution in [2.24, 2.45) is 17.8 Å². The molecule has 3 nitrogen and oxygen atoms in total. The van der Waals surface area contributed by atoms with Crippen molar-refractivity contribution in [3.63, 3.8) is 0 Å². The largest absolute Gasteiger partial charge is 0.493 e. The average Bonchev–Trinajstić information content (AvgIpc) is 2.41. The fraction of sp³-hybridized carbons (Fsp3) is 0.647. The molecule has 120 valence electrons. The molecule has 0 fully saturated rings. The van der Waals surface area contributed by atoms with E-state index in [1.165, 1.54) is 0 Å². The normalized spacial score (nSPS) is 11.5. The molecule has 0 saturated heterocycles. The van der Waals surface area contributed by atoms with Crippen LogP contribution in [-0.4, -0.2) is 20.8 Å². The third kappa shape index (κ3) is 5.08. The molecule has 0 radical (unpaired) electrons. The number of nitrogens with one attached hydrogen (secondary N) is 1. The molecule has 0 amide bonds. The summed E-state index contributed by atoms with van der Waals surface area (Å²) < 4.78 is 10.6. The first-order valence-corrected chi connectivity index (χ1v) is 7.89. The van der Waals surface area contributed by atoms with Crippen molar-refractivity contribution >= 4 is 11.6 Å². The van der Waals surface area contributed by atoms with Gasteiger partial charge in [0.25, 0.3) is 0 Å². The molecular weight excluding hydrogens is 286 g/mol. The summed E-state index contributed by atoms with van der Waals surface area (Å²) in [5, 5.41) is 4.11. The zero-order valence-electron chi connectivity index (χ0n) is 14.0. The maximum Gasteiger partial charge on any atom is 0.179 e. The van der Waals surface area contributed by atoms with Gasteiger partial charge in [-0.3, -0.25) is 0 Å². The van der Waals surface area contributed by atoms with Gasteiger partial charge in [-0.15, -0.1) is 0 Å². The molecule has 0 unspecified atom stereocenters. The molecule has 0 saturated carbocycles. The summed E-state index contributed by atoms with van der Waals surface area (Å²) in [5.74, 6) is 3.27. The van der Waals surface area contributed by atoms with Crippen LogP contribution in [0, 0.1) is 17.8 Å². The van der Waals surface area contributed by atoms with Gasteiger partial charge in [0.2, 0.25) is 0 Å². The molecule has 0 atom stereocenters. The Morgan fingerprint density at radius 2 is 1.67 bits per heavy atom. The van der Waals surface area contributed by atoms with Crippen molar-refractivity contribution in [1.82, 2.24) is 5.32 Å². The van der Waals surface area contributed by atoms with Gasteiger partial charge in [-0.25, -0.2) is 0 Å². The highest BCUT2D eigenvalue weighted by molar-refractivity contribution is 6.32. The van der Waals surface area contributed by atoms with E-state index in [-0.39, 0.29) is 0 Å². The summed E-state index contributed by atoms with van der Waals surface area (Å²) in [4.78, 5) is 0. The number of rotatable bonds is 8. The fourth-order valence-electron chi connectivity index (χ4n) is 2.70. The Labute approximate surface area is 134 Å². The fourth-order valence-corrected chi connectivity index (χ4v) is 3.01. The van der Waals surface area contributed by atoms with E-state index in [9.17, 15) is 0 Å². The molecule has 1 N–H and O–H groups in total. The van der Waals surface area contributed by atoms with E-state index in [2.05, 4.69) is 33.0 Å². The number of halogens is 1. The molecule has 0 aliphatic rings. The van der Waals surface area contributed by atoms with Crippen molar-refractivity contribution in [1.29, 1.82) is 0 Å². The Morgan fingerprint density at radius 3 is 2.14 bits per heavy atom.